The lowest BCUT2D eigenvalue weighted by atomic mass is 9.83. The first-order chi connectivity index (χ1) is 7.86. The zero-order chi connectivity index (χ0) is 11.4. The summed E-state index contributed by atoms with van der Waals surface area (Å²) in [6.45, 7) is 3.40. The van der Waals surface area contributed by atoms with Gasteiger partial charge >= 0.3 is 0 Å². The number of aliphatic hydroxyl groups is 1. The molecule has 4 nitrogen and oxygen atoms in total. The molecule has 94 valence electrons. The number of ether oxygens (including phenoxy) is 1. The van der Waals surface area contributed by atoms with Crippen molar-refractivity contribution in [3.63, 3.8) is 0 Å². The lowest BCUT2D eigenvalue weighted by Crippen LogP contribution is -2.56. The number of hydrogen-bond donors (Lipinski definition) is 2. The smallest absolute Gasteiger partial charge is 0.0644 e. The van der Waals surface area contributed by atoms with Crippen molar-refractivity contribution in [3.8, 4) is 0 Å². The molecule has 1 saturated heterocycles. The van der Waals surface area contributed by atoms with Crippen molar-refractivity contribution in [2.45, 2.75) is 37.8 Å². The minimum atomic E-state index is 0.186. The van der Waals surface area contributed by atoms with E-state index in [0.717, 1.165) is 19.7 Å². The molecule has 1 aliphatic heterocycles. The normalized spacial score (nSPS) is 37.5. The van der Waals surface area contributed by atoms with Gasteiger partial charge < -0.3 is 15.6 Å². The molecular weight excluding hydrogens is 204 g/mol. The molecule has 0 radical (unpaired) electrons. The van der Waals surface area contributed by atoms with Gasteiger partial charge in [0.15, 0.2) is 0 Å². The molecule has 1 aliphatic carbocycles. The second kappa shape index (κ2) is 5.96. The minimum absolute atomic E-state index is 0.186. The zero-order valence-corrected chi connectivity index (χ0v) is 9.98. The first-order valence-corrected chi connectivity index (χ1v) is 6.51. The van der Waals surface area contributed by atoms with Gasteiger partial charge in [0.05, 0.1) is 25.9 Å². The summed E-state index contributed by atoms with van der Waals surface area (Å²) in [6, 6.07) is 0.755. The second-order valence-electron chi connectivity index (χ2n) is 5.00. The molecule has 0 aromatic heterocycles. The van der Waals surface area contributed by atoms with Gasteiger partial charge in [0, 0.05) is 12.6 Å². The summed E-state index contributed by atoms with van der Waals surface area (Å²) >= 11 is 0. The van der Waals surface area contributed by atoms with Crippen LogP contribution in [0.3, 0.4) is 0 Å². The maximum Gasteiger partial charge on any atom is 0.0644 e. The SMILES string of the molecule is NCC1CCCCC1N1CCOCC1CO. The molecular formula is C12H24N2O2. The van der Waals surface area contributed by atoms with Gasteiger partial charge in [-0.1, -0.05) is 12.8 Å². The van der Waals surface area contributed by atoms with Gasteiger partial charge in [0.1, 0.15) is 0 Å². The highest BCUT2D eigenvalue weighted by atomic mass is 16.5. The fourth-order valence-electron chi connectivity index (χ4n) is 3.16. The van der Waals surface area contributed by atoms with E-state index in [1.165, 1.54) is 25.7 Å². The van der Waals surface area contributed by atoms with Crippen LogP contribution in [-0.2, 0) is 4.74 Å². The predicted octanol–water partition coefficient (Wildman–Crippen LogP) is 0.197. The number of nitrogens with zero attached hydrogens (tertiary/aromatic N) is 1. The zero-order valence-electron chi connectivity index (χ0n) is 9.98. The van der Waals surface area contributed by atoms with Crippen molar-refractivity contribution < 1.29 is 9.84 Å². The largest absolute Gasteiger partial charge is 0.395 e. The van der Waals surface area contributed by atoms with Gasteiger partial charge in [-0.2, -0.15) is 0 Å². The van der Waals surface area contributed by atoms with Gasteiger partial charge in [0.2, 0.25) is 0 Å². The van der Waals surface area contributed by atoms with Gasteiger partial charge in [-0.15, -0.1) is 0 Å². The average Bonchev–Trinajstić information content (AvgIpc) is 2.38. The van der Waals surface area contributed by atoms with Crippen LogP contribution in [0.2, 0.25) is 0 Å². The standard InChI is InChI=1S/C12H24N2O2/c13-7-10-3-1-2-4-12(10)14-5-6-16-9-11(14)8-15/h10-12,15H,1-9,13H2. The van der Waals surface area contributed by atoms with Crippen molar-refractivity contribution in [2.24, 2.45) is 11.7 Å². The molecule has 2 aliphatic rings. The Balaban J connectivity index is 2.01. The third-order valence-corrected chi connectivity index (χ3v) is 4.08. The summed E-state index contributed by atoms with van der Waals surface area (Å²) < 4.78 is 5.43. The molecule has 0 spiro atoms. The highest BCUT2D eigenvalue weighted by molar-refractivity contribution is 4.88. The molecule has 16 heavy (non-hydrogen) atoms. The van der Waals surface area contributed by atoms with E-state index < -0.39 is 0 Å². The van der Waals surface area contributed by atoms with Crippen LogP contribution >= 0.6 is 0 Å². The summed E-state index contributed by atoms with van der Waals surface area (Å²) in [7, 11) is 0. The Labute approximate surface area is 97.7 Å². The molecule has 3 unspecified atom stereocenters. The lowest BCUT2D eigenvalue weighted by Gasteiger charge is -2.45. The summed E-state index contributed by atoms with van der Waals surface area (Å²) in [5.41, 5.74) is 5.87. The second-order valence-corrected chi connectivity index (χ2v) is 5.00. The summed E-state index contributed by atoms with van der Waals surface area (Å²) in [4.78, 5) is 2.44. The number of aliphatic hydroxyl groups excluding tert-OH is 1. The molecule has 1 saturated carbocycles. The van der Waals surface area contributed by atoms with E-state index in [-0.39, 0.29) is 12.6 Å². The molecule has 1 heterocycles. The van der Waals surface area contributed by atoms with Crippen LogP contribution in [0.5, 0.6) is 0 Å². The Kier molecular flexibility index (Phi) is 4.58. The molecule has 0 bridgehead atoms. The maximum atomic E-state index is 9.40. The molecule has 3 N–H and O–H groups in total. The van der Waals surface area contributed by atoms with Crippen LogP contribution in [0.15, 0.2) is 0 Å². The molecule has 3 atom stereocenters. The highest BCUT2D eigenvalue weighted by Crippen LogP contribution is 2.29. The summed E-state index contributed by atoms with van der Waals surface area (Å²) in [5, 5.41) is 9.40. The van der Waals surface area contributed by atoms with Crippen LogP contribution in [0, 0.1) is 5.92 Å². The van der Waals surface area contributed by atoms with Crippen molar-refractivity contribution in [1.82, 2.24) is 4.90 Å². The Morgan fingerprint density at radius 1 is 1.31 bits per heavy atom. The summed E-state index contributed by atoms with van der Waals surface area (Å²) in [5.74, 6) is 0.612. The van der Waals surface area contributed by atoms with Gasteiger partial charge in [-0.05, 0) is 25.3 Å². The fourth-order valence-corrected chi connectivity index (χ4v) is 3.16. The van der Waals surface area contributed by atoms with Gasteiger partial charge in [0.25, 0.3) is 0 Å². The number of nitrogens with two attached hydrogens (primary N) is 1. The van der Waals surface area contributed by atoms with Crippen LogP contribution in [-0.4, -0.2) is 55.0 Å². The molecule has 2 rings (SSSR count). The lowest BCUT2D eigenvalue weighted by molar-refractivity contribution is -0.0643. The van der Waals surface area contributed by atoms with E-state index in [4.69, 9.17) is 10.5 Å². The Hall–Kier alpha value is -0.160. The van der Waals surface area contributed by atoms with Crippen LogP contribution in [0.4, 0.5) is 0 Å². The van der Waals surface area contributed by atoms with E-state index in [1.54, 1.807) is 0 Å². The average molecular weight is 228 g/mol. The van der Waals surface area contributed by atoms with Crippen LogP contribution in [0.25, 0.3) is 0 Å². The Morgan fingerprint density at radius 2 is 2.12 bits per heavy atom. The number of morpholine rings is 1. The Morgan fingerprint density at radius 3 is 2.88 bits per heavy atom. The maximum absolute atomic E-state index is 9.40. The van der Waals surface area contributed by atoms with Crippen molar-refractivity contribution >= 4 is 0 Å². The Bertz CT molecular complexity index is 191. The quantitative estimate of drug-likeness (QED) is 0.724. The molecule has 0 aromatic carbocycles. The van der Waals surface area contributed by atoms with Crippen LogP contribution in [0.1, 0.15) is 25.7 Å². The molecule has 0 aromatic rings. The summed E-state index contributed by atoms with van der Waals surface area (Å²) in [6.07, 6.45) is 5.10. The first-order valence-electron chi connectivity index (χ1n) is 6.51. The first kappa shape index (κ1) is 12.3. The molecule has 2 fully saturated rings. The van der Waals surface area contributed by atoms with Crippen molar-refractivity contribution in [3.05, 3.63) is 0 Å². The van der Waals surface area contributed by atoms with Crippen molar-refractivity contribution in [2.75, 3.05) is 32.9 Å². The monoisotopic (exact) mass is 228 g/mol. The fraction of sp³-hybridized carbons (Fsp3) is 1.00. The third kappa shape index (κ3) is 2.56. The van der Waals surface area contributed by atoms with Gasteiger partial charge in [-0.3, -0.25) is 4.90 Å². The molecule has 0 amide bonds. The highest BCUT2D eigenvalue weighted by Gasteiger charge is 2.34. The third-order valence-electron chi connectivity index (χ3n) is 4.08. The van der Waals surface area contributed by atoms with E-state index >= 15 is 0 Å². The predicted molar refractivity (Wildman–Crippen MR) is 63.2 cm³/mol. The van der Waals surface area contributed by atoms with Crippen LogP contribution < -0.4 is 5.73 Å². The van der Waals surface area contributed by atoms with Gasteiger partial charge in [-0.25, -0.2) is 0 Å². The van der Waals surface area contributed by atoms with E-state index in [1.807, 2.05) is 0 Å². The van der Waals surface area contributed by atoms with Crippen molar-refractivity contribution in [1.29, 1.82) is 0 Å². The van der Waals surface area contributed by atoms with E-state index in [0.29, 0.717) is 18.6 Å². The topological polar surface area (TPSA) is 58.7 Å². The van der Waals surface area contributed by atoms with E-state index in [9.17, 15) is 5.11 Å². The molecule has 4 heteroatoms. The minimum Gasteiger partial charge on any atom is -0.395 e. The number of rotatable bonds is 3. The van der Waals surface area contributed by atoms with E-state index in [2.05, 4.69) is 4.90 Å². The number of hydrogen-bond acceptors (Lipinski definition) is 4.